The van der Waals surface area contributed by atoms with Crippen LogP contribution in [-0.2, 0) is 11.3 Å². The van der Waals surface area contributed by atoms with Crippen molar-refractivity contribution in [3.8, 4) is 5.75 Å². The summed E-state index contributed by atoms with van der Waals surface area (Å²) in [5, 5.41) is 10.5. The first-order valence-electron chi connectivity index (χ1n) is 7.49. The van der Waals surface area contributed by atoms with Crippen LogP contribution in [-0.4, -0.2) is 29.4 Å². The van der Waals surface area contributed by atoms with Crippen LogP contribution in [0.3, 0.4) is 0 Å². The molecule has 1 aromatic carbocycles. The maximum atomic E-state index is 12.1. The van der Waals surface area contributed by atoms with Crippen molar-refractivity contribution < 1.29 is 18.9 Å². The lowest BCUT2D eigenvalue weighted by molar-refractivity contribution is -0.402. The minimum Gasteiger partial charge on any atom is -0.490 e. The fourth-order valence-electron chi connectivity index (χ4n) is 2.01. The Hall–Kier alpha value is -3.35. The Morgan fingerprint density at radius 3 is 2.64 bits per heavy atom. The van der Waals surface area contributed by atoms with Crippen molar-refractivity contribution in [1.29, 1.82) is 0 Å². The zero-order chi connectivity index (χ0) is 18.2. The number of amides is 1. The number of rotatable bonds is 8. The molecular weight excluding hydrogens is 324 g/mol. The van der Waals surface area contributed by atoms with Crippen molar-refractivity contribution in [2.75, 3.05) is 13.7 Å². The minimum absolute atomic E-state index is 0.244. The van der Waals surface area contributed by atoms with E-state index in [2.05, 4.69) is 6.58 Å². The SMILES string of the molecule is C=CCOc1ccc(CN(C)C(=O)/C=C/c2ccc([N+](=O)[O-])o2)cc1. The monoisotopic (exact) mass is 342 g/mol. The summed E-state index contributed by atoms with van der Waals surface area (Å²) in [6, 6.07) is 10.1. The summed E-state index contributed by atoms with van der Waals surface area (Å²) >= 11 is 0. The van der Waals surface area contributed by atoms with Gasteiger partial charge in [0.1, 0.15) is 23.0 Å². The molecule has 0 spiro atoms. The molecule has 0 aliphatic heterocycles. The normalized spacial score (nSPS) is 10.6. The van der Waals surface area contributed by atoms with Crippen molar-refractivity contribution in [3.05, 3.63) is 76.6 Å². The van der Waals surface area contributed by atoms with E-state index >= 15 is 0 Å². The highest BCUT2D eigenvalue weighted by molar-refractivity contribution is 5.91. The zero-order valence-corrected chi connectivity index (χ0v) is 13.8. The van der Waals surface area contributed by atoms with Crippen LogP contribution >= 0.6 is 0 Å². The number of ether oxygens (including phenoxy) is 1. The van der Waals surface area contributed by atoms with Crippen molar-refractivity contribution in [3.63, 3.8) is 0 Å². The molecule has 7 nitrogen and oxygen atoms in total. The van der Waals surface area contributed by atoms with Crippen LogP contribution in [0.5, 0.6) is 5.75 Å². The summed E-state index contributed by atoms with van der Waals surface area (Å²) in [7, 11) is 1.67. The minimum atomic E-state index is -0.631. The van der Waals surface area contributed by atoms with Gasteiger partial charge >= 0.3 is 5.88 Å². The molecule has 0 bridgehead atoms. The molecule has 0 atom stereocenters. The molecule has 0 radical (unpaired) electrons. The number of hydrogen-bond donors (Lipinski definition) is 0. The molecule has 0 fully saturated rings. The Kier molecular flexibility index (Phi) is 6.11. The first-order valence-corrected chi connectivity index (χ1v) is 7.49. The zero-order valence-electron chi connectivity index (χ0n) is 13.8. The van der Waals surface area contributed by atoms with Crippen LogP contribution in [0.2, 0.25) is 0 Å². The summed E-state index contributed by atoms with van der Waals surface area (Å²) in [6.07, 6.45) is 4.38. The van der Waals surface area contributed by atoms with Gasteiger partial charge in [0, 0.05) is 19.7 Å². The highest BCUT2D eigenvalue weighted by Crippen LogP contribution is 2.17. The molecule has 0 N–H and O–H groups in total. The molecule has 0 aliphatic rings. The van der Waals surface area contributed by atoms with Gasteiger partial charge in [-0.15, -0.1) is 0 Å². The highest BCUT2D eigenvalue weighted by atomic mass is 16.6. The average molecular weight is 342 g/mol. The second kappa shape index (κ2) is 8.49. The Bertz CT molecular complexity index is 777. The molecule has 1 amide bonds. The van der Waals surface area contributed by atoms with Crippen LogP contribution in [0.25, 0.3) is 6.08 Å². The van der Waals surface area contributed by atoms with E-state index in [0.717, 1.165) is 11.3 Å². The van der Waals surface area contributed by atoms with E-state index in [0.29, 0.717) is 13.2 Å². The first kappa shape index (κ1) is 18.0. The van der Waals surface area contributed by atoms with Gasteiger partial charge < -0.3 is 14.1 Å². The van der Waals surface area contributed by atoms with Gasteiger partial charge in [0.2, 0.25) is 5.91 Å². The van der Waals surface area contributed by atoms with Gasteiger partial charge in [0.05, 0.1) is 6.07 Å². The second-order valence-electron chi connectivity index (χ2n) is 5.20. The van der Waals surface area contributed by atoms with Crippen LogP contribution in [0.15, 0.2) is 59.5 Å². The fraction of sp³-hybridized carbons (Fsp3) is 0.167. The Morgan fingerprint density at radius 2 is 2.04 bits per heavy atom. The van der Waals surface area contributed by atoms with Crippen LogP contribution in [0.1, 0.15) is 11.3 Å². The first-order chi connectivity index (χ1) is 12.0. The molecule has 2 aromatic rings. The van der Waals surface area contributed by atoms with Gasteiger partial charge in [-0.3, -0.25) is 14.9 Å². The highest BCUT2D eigenvalue weighted by Gasteiger charge is 2.11. The molecule has 2 rings (SSSR count). The standard InChI is InChI=1S/C18H18N2O5/c1-3-12-24-15-6-4-14(5-7-15)13-19(2)17(21)10-8-16-9-11-18(25-16)20(22)23/h3-11H,1,12-13H2,2H3/b10-8+. The topological polar surface area (TPSA) is 85.8 Å². The summed E-state index contributed by atoms with van der Waals surface area (Å²) in [4.78, 5) is 23.5. The lowest BCUT2D eigenvalue weighted by atomic mass is 10.2. The van der Waals surface area contributed by atoms with Gasteiger partial charge in [-0.1, -0.05) is 24.8 Å². The number of furan rings is 1. The van der Waals surface area contributed by atoms with Gasteiger partial charge in [-0.25, -0.2) is 0 Å². The largest absolute Gasteiger partial charge is 0.490 e. The van der Waals surface area contributed by atoms with E-state index < -0.39 is 4.92 Å². The maximum Gasteiger partial charge on any atom is 0.433 e. The van der Waals surface area contributed by atoms with Gasteiger partial charge in [0.25, 0.3) is 0 Å². The lowest BCUT2D eigenvalue weighted by Crippen LogP contribution is -2.24. The Balaban J connectivity index is 1.91. The molecule has 130 valence electrons. The number of likely N-dealkylation sites (N-methyl/N-ethyl adjacent to an activating group) is 1. The molecule has 0 saturated carbocycles. The molecule has 0 saturated heterocycles. The lowest BCUT2D eigenvalue weighted by Gasteiger charge is -2.15. The molecule has 0 aliphatic carbocycles. The fourth-order valence-corrected chi connectivity index (χ4v) is 2.01. The van der Waals surface area contributed by atoms with Gasteiger partial charge in [-0.2, -0.15) is 0 Å². The van der Waals surface area contributed by atoms with E-state index in [9.17, 15) is 14.9 Å². The second-order valence-corrected chi connectivity index (χ2v) is 5.20. The predicted octanol–water partition coefficient (Wildman–Crippen LogP) is 3.42. The molecule has 7 heteroatoms. The van der Waals surface area contributed by atoms with Crippen molar-refractivity contribution >= 4 is 17.9 Å². The number of nitro groups is 1. The Labute approximate surface area is 145 Å². The number of carbonyl (C=O) groups is 1. The molecule has 25 heavy (non-hydrogen) atoms. The quantitative estimate of drug-likeness (QED) is 0.317. The molecular formula is C18H18N2O5. The third-order valence-corrected chi connectivity index (χ3v) is 3.27. The van der Waals surface area contributed by atoms with E-state index in [1.54, 1.807) is 13.1 Å². The summed E-state index contributed by atoms with van der Waals surface area (Å²) in [5.74, 6) is 0.374. The van der Waals surface area contributed by atoms with Crippen LogP contribution in [0, 0.1) is 10.1 Å². The van der Waals surface area contributed by atoms with E-state index in [1.165, 1.54) is 29.2 Å². The summed E-state index contributed by atoms with van der Waals surface area (Å²) in [6.45, 7) is 4.44. The van der Waals surface area contributed by atoms with Crippen molar-refractivity contribution in [1.82, 2.24) is 4.90 Å². The number of benzene rings is 1. The Morgan fingerprint density at radius 1 is 1.32 bits per heavy atom. The third kappa shape index (κ3) is 5.35. The van der Waals surface area contributed by atoms with Crippen LogP contribution < -0.4 is 4.74 Å². The maximum absolute atomic E-state index is 12.1. The molecule has 1 heterocycles. The summed E-state index contributed by atoms with van der Waals surface area (Å²) in [5.41, 5.74) is 0.948. The van der Waals surface area contributed by atoms with E-state index in [4.69, 9.17) is 9.15 Å². The van der Waals surface area contributed by atoms with E-state index in [-0.39, 0.29) is 17.6 Å². The van der Waals surface area contributed by atoms with Gasteiger partial charge in [-0.05, 0) is 29.8 Å². The molecule has 1 aromatic heterocycles. The third-order valence-electron chi connectivity index (χ3n) is 3.27. The van der Waals surface area contributed by atoms with Gasteiger partial charge in [0.15, 0.2) is 0 Å². The van der Waals surface area contributed by atoms with Crippen molar-refractivity contribution in [2.45, 2.75) is 6.54 Å². The predicted molar refractivity (Wildman–Crippen MR) is 93.0 cm³/mol. The number of nitrogens with zero attached hydrogens (tertiary/aromatic N) is 2. The van der Waals surface area contributed by atoms with Crippen molar-refractivity contribution in [2.24, 2.45) is 0 Å². The number of carbonyl (C=O) groups excluding carboxylic acids is 1. The van der Waals surface area contributed by atoms with Crippen LogP contribution in [0.4, 0.5) is 5.88 Å². The smallest absolute Gasteiger partial charge is 0.433 e. The summed E-state index contributed by atoms with van der Waals surface area (Å²) < 4.78 is 10.4. The number of hydrogen-bond acceptors (Lipinski definition) is 5. The van der Waals surface area contributed by atoms with E-state index in [1.807, 2.05) is 24.3 Å². The molecule has 0 unspecified atom stereocenters. The average Bonchev–Trinajstić information content (AvgIpc) is 3.08.